The van der Waals surface area contributed by atoms with E-state index in [4.69, 9.17) is 4.74 Å². The predicted octanol–water partition coefficient (Wildman–Crippen LogP) is 0.155. The van der Waals surface area contributed by atoms with Gasteiger partial charge in [0.25, 0.3) is 26.9 Å². The Morgan fingerprint density at radius 3 is 2.12 bits per heavy atom. The molecule has 0 radical (unpaired) electrons. The molecule has 0 aromatic heterocycles. The minimum Gasteiger partial charge on any atom is -0.491 e. The third-order valence-corrected chi connectivity index (χ3v) is 6.18. The number of carbonyl (C=O) groups is 3. The van der Waals surface area contributed by atoms with Gasteiger partial charge in [-0.1, -0.05) is 0 Å². The molecule has 174 valence electrons. The maximum absolute atomic E-state index is 12.9. The number of hydrogen-bond acceptors (Lipinski definition) is 9. The molecule has 3 aromatic rings. The maximum atomic E-state index is 12.9. The fraction of sp³-hybridized carbons (Fsp3) is 0.136. The number of hydrogen-bond donors (Lipinski definition) is 3. The molecule has 0 saturated carbocycles. The van der Waals surface area contributed by atoms with Gasteiger partial charge in [-0.2, -0.15) is 8.42 Å². The number of rotatable bonds is 7. The quantitative estimate of drug-likeness (QED) is 0.186. The monoisotopic (exact) mass is 484 g/mol. The Hall–Kier alpha value is -4.16. The second kappa shape index (κ2) is 8.32. The van der Waals surface area contributed by atoms with Crippen LogP contribution in [0.1, 0.15) is 42.2 Å². The average Bonchev–Trinajstić information content (AvgIpc) is 2.82. The minimum absolute atomic E-state index is 0.00426. The number of methoxy groups -OCH3 is 1. The van der Waals surface area contributed by atoms with Gasteiger partial charge in [0.1, 0.15) is 5.69 Å². The summed E-state index contributed by atoms with van der Waals surface area (Å²) in [5, 5.41) is 5.29. The molecule has 0 saturated heterocycles. The average molecular weight is 484 g/mol. The molecule has 1 amide bonds. The van der Waals surface area contributed by atoms with E-state index in [9.17, 15) is 36.9 Å². The molecule has 4 rings (SSSR count). The molecule has 0 heterocycles. The summed E-state index contributed by atoms with van der Waals surface area (Å²) in [6.07, 6.45) is 0. The topological polar surface area (TPSA) is 173 Å². The van der Waals surface area contributed by atoms with Crippen molar-refractivity contribution in [1.82, 2.24) is 5.32 Å². The molecule has 0 fully saturated rings. The van der Waals surface area contributed by atoms with E-state index < -0.39 is 43.3 Å². The van der Waals surface area contributed by atoms with Gasteiger partial charge < -0.3 is 15.4 Å². The van der Waals surface area contributed by atoms with E-state index in [-0.39, 0.29) is 52.3 Å². The Morgan fingerprint density at radius 2 is 1.50 bits per heavy atom. The van der Waals surface area contributed by atoms with Crippen molar-refractivity contribution in [1.29, 1.82) is 0 Å². The molecule has 12 heteroatoms. The molecule has 0 aliphatic heterocycles. The first-order chi connectivity index (χ1) is 16.0. The largest absolute Gasteiger partial charge is 0.491 e. The van der Waals surface area contributed by atoms with E-state index in [1.807, 2.05) is 0 Å². The van der Waals surface area contributed by atoms with Crippen molar-refractivity contribution < 1.29 is 32.1 Å². The Kier molecular flexibility index (Phi) is 5.63. The number of amides is 1. The van der Waals surface area contributed by atoms with Crippen molar-refractivity contribution in [2.24, 2.45) is 0 Å². The van der Waals surface area contributed by atoms with Gasteiger partial charge in [-0.3, -0.25) is 28.5 Å². The number of ether oxygens (including phenoxy) is 1. The van der Waals surface area contributed by atoms with Crippen LogP contribution in [-0.4, -0.2) is 50.6 Å². The summed E-state index contributed by atoms with van der Waals surface area (Å²) in [6, 6.07) is 6.97. The van der Waals surface area contributed by atoms with Gasteiger partial charge in [0.15, 0.2) is 17.3 Å². The van der Waals surface area contributed by atoms with Crippen LogP contribution >= 0.6 is 0 Å². The van der Waals surface area contributed by atoms with Gasteiger partial charge >= 0.3 is 0 Å². The second-order valence-electron chi connectivity index (χ2n) is 7.35. The van der Waals surface area contributed by atoms with Crippen LogP contribution in [0.15, 0.2) is 50.9 Å². The van der Waals surface area contributed by atoms with E-state index in [2.05, 4.69) is 10.6 Å². The molecule has 0 atom stereocenters. The Labute approximate surface area is 191 Å². The summed E-state index contributed by atoms with van der Waals surface area (Å²) < 4.78 is 36.8. The van der Waals surface area contributed by atoms with Crippen LogP contribution in [0.3, 0.4) is 0 Å². The molecule has 3 aromatic carbocycles. The van der Waals surface area contributed by atoms with Crippen molar-refractivity contribution in [2.45, 2.75) is 4.90 Å². The zero-order valence-electron chi connectivity index (χ0n) is 17.5. The molecule has 3 N–H and O–H groups in total. The highest BCUT2D eigenvalue weighted by atomic mass is 32.2. The van der Waals surface area contributed by atoms with Crippen molar-refractivity contribution in [3.63, 3.8) is 0 Å². The maximum Gasteiger partial charge on any atom is 0.294 e. The van der Waals surface area contributed by atoms with Gasteiger partial charge in [0.05, 0.1) is 12.0 Å². The number of anilines is 1. The van der Waals surface area contributed by atoms with E-state index >= 15 is 0 Å². The lowest BCUT2D eigenvalue weighted by atomic mass is 9.83. The first-order valence-electron chi connectivity index (χ1n) is 9.79. The van der Waals surface area contributed by atoms with Crippen LogP contribution in [0.25, 0.3) is 0 Å². The first kappa shape index (κ1) is 23.0. The van der Waals surface area contributed by atoms with Gasteiger partial charge in [-0.05, 0) is 36.4 Å². The van der Waals surface area contributed by atoms with E-state index in [1.165, 1.54) is 25.3 Å². The number of nitrogens with one attached hydrogen (secondary N) is 2. The Bertz CT molecular complexity index is 1560. The summed E-state index contributed by atoms with van der Waals surface area (Å²) in [5.41, 5.74) is -1.52. The SMILES string of the molecule is COc1c(NCCNC(=O)c2ccc3c(c2)C(=O)c2ccc(S(=O)(=O)O)cc2C3=O)c(=O)c1=O. The molecule has 34 heavy (non-hydrogen) atoms. The zero-order valence-corrected chi connectivity index (χ0v) is 18.3. The highest BCUT2D eigenvalue weighted by molar-refractivity contribution is 7.85. The summed E-state index contributed by atoms with van der Waals surface area (Å²) in [6.45, 7) is 0.199. The predicted molar refractivity (Wildman–Crippen MR) is 118 cm³/mol. The van der Waals surface area contributed by atoms with Crippen LogP contribution in [0.5, 0.6) is 5.75 Å². The molecule has 0 spiro atoms. The second-order valence-corrected chi connectivity index (χ2v) is 8.77. The van der Waals surface area contributed by atoms with Crippen molar-refractivity contribution >= 4 is 33.3 Å². The number of ketones is 2. The fourth-order valence-corrected chi connectivity index (χ4v) is 4.13. The number of carbonyl (C=O) groups excluding carboxylic acids is 3. The summed E-state index contributed by atoms with van der Waals surface area (Å²) in [5.74, 6) is -1.81. The van der Waals surface area contributed by atoms with Gasteiger partial charge in [-0.15, -0.1) is 0 Å². The minimum atomic E-state index is -4.56. The lowest BCUT2D eigenvalue weighted by molar-refractivity contribution is 0.0952. The number of benzene rings is 2. The smallest absolute Gasteiger partial charge is 0.294 e. The van der Waals surface area contributed by atoms with Crippen molar-refractivity contribution in [3.8, 4) is 5.75 Å². The summed E-state index contributed by atoms with van der Waals surface area (Å²) >= 11 is 0. The van der Waals surface area contributed by atoms with Gasteiger partial charge in [-0.25, -0.2) is 0 Å². The summed E-state index contributed by atoms with van der Waals surface area (Å²) in [7, 11) is -3.30. The Morgan fingerprint density at radius 1 is 0.882 bits per heavy atom. The summed E-state index contributed by atoms with van der Waals surface area (Å²) in [4.78, 5) is 60.5. The third kappa shape index (κ3) is 3.78. The molecule has 1 aliphatic carbocycles. The standard InChI is InChI=1S/C22H16N2O9S/c1-33-21-16(19(27)20(21)28)23-6-7-24-22(29)10-2-4-12-14(8-10)17(25)13-5-3-11(34(30,31)32)9-15(13)18(12)26/h2-5,8-9,23H,6-7H2,1H3,(H,24,29)(H,30,31,32). The highest BCUT2D eigenvalue weighted by Crippen LogP contribution is 2.29. The van der Waals surface area contributed by atoms with Crippen LogP contribution < -0.4 is 26.2 Å². The fourth-order valence-electron chi connectivity index (χ4n) is 3.62. The van der Waals surface area contributed by atoms with Gasteiger partial charge in [0.2, 0.25) is 0 Å². The van der Waals surface area contributed by atoms with Crippen LogP contribution in [-0.2, 0) is 10.1 Å². The van der Waals surface area contributed by atoms with E-state index in [0.717, 1.165) is 18.2 Å². The lowest BCUT2D eigenvalue weighted by Crippen LogP contribution is -2.37. The van der Waals surface area contributed by atoms with Crippen LogP contribution in [0.4, 0.5) is 5.69 Å². The third-order valence-electron chi connectivity index (χ3n) is 5.33. The molecule has 1 aliphatic rings. The van der Waals surface area contributed by atoms with Crippen LogP contribution in [0.2, 0.25) is 0 Å². The lowest BCUT2D eigenvalue weighted by Gasteiger charge is -2.18. The van der Waals surface area contributed by atoms with Gasteiger partial charge in [0, 0.05) is 40.9 Å². The van der Waals surface area contributed by atoms with Crippen LogP contribution in [0, 0.1) is 0 Å². The molecular formula is C22H16N2O9S. The molecule has 11 nitrogen and oxygen atoms in total. The highest BCUT2D eigenvalue weighted by Gasteiger charge is 2.31. The van der Waals surface area contributed by atoms with E-state index in [1.54, 1.807) is 0 Å². The van der Waals surface area contributed by atoms with E-state index in [0.29, 0.717) is 0 Å². The Balaban J connectivity index is 1.49. The van der Waals surface area contributed by atoms with Crippen molar-refractivity contribution in [2.75, 3.05) is 25.5 Å². The normalized spacial score (nSPS) is 12.8. The molecular weight excluding hydrogens is 468 g/mol. The zero-order chi connectivity index (χ0) is 24.8. The molecule has 0 bridgehead atoms. The first-order valence-corrected chi connectivity index (χ1v) is 11.2. The number of fused-ring (bicyclic) bond motifs is 2. The molecule has 0 unspecified atom stereocenters. The van der Waals surface area contributed by atoms with Crippen molar-refractivity contribution in [3.05, 3.63) is 84.7 Å².